The molecule has 0 aromatic heterocycles. The molecule has 0 aliphatic heterocycles. The number of allylic oxidation sites excluding steroid dienone is 4. The van der Waals surface area contributed by atoms with E-state index in [1.54, 1.807) is 0 Å². The molecule has 0 aromatic rings. The molecular weight excluding hydrogens is 572 g/mol. The SMILES string of the molecule is CC(C)(C)C1(C(=O)OC(=O)/C=C(\C(=O)OC(=O)C2(C(C)(C)C)CC3C=CC2C3)C(=CC(=O)O)C2CCCCC2)CC2C=CC1C2. The Balaban J connectivity index is 1.48. The molecule has 3 saturated carbocycles. The minimum absolute atomic E-state index is 0.0667. The molecule has 6 unspecified atom stereocenters. The van der Waals surface area contributed by atoms with Crippen LogP contribution in [0, 0.1) is 51.2 Å². The van der Waals surface area contributed by atoms with E-state index in [-0.39, 0.29) is 40.7 Å². The van der Waals surface area contributed by atoms with Gasteiger partial charge in [-0.25, -0.2) is 14.4 Å². The second kappa shape index (κ2) is 11.8. The average Bonchev–Trinajstić information content (AvgIpc) is 3.76. The second-order valence-corrected chi connectivity index (χ2v) is 16.0. The van der Waals surface area contributed by atoms with Gasteiger partial charge in [0.2, 0.25) is 0 Å². The fourth-order valence-electron chi connectivity index (χ4n) is 9.30. The molecule has 5 aliphatic carbocycles. The van der Waals surface area contributed by atoms with Crippen LogP contribution < -0.4 is 0 Å². The van der Waals surface area contributed by atoms with Crippen molar-refractivity contribution in [1.82, 2.24) is 0 Å². The molecule has 45 heavy (non-hydrogen) atoms. The van der Waals surface area contributed by atoms with Gasteiger partial charge in [-0.3, -0.25) is 9.59 Å². The lowest BCUT2D eigenvalue weighted by Gasteiger charge is -2.44. The summed E-state index contributed by atoms with van der Waals surface area (Å²) in [5, 5.41) is 9.82. The number of carboxylic acids is 1. The number of carboxylic acid groups (broad SMARTS) is 1. The molecule has 5 aliphatic rings. The molecule has 244 valence electrons. The predicted octanol–water partition coefficient (Wildman–Crippen LogP) is 6.90. The van der Waals surface area contributed by atoms with E-state index < -0.39 is 51.5 Å². The third kappa shape index (κ3) is 5.78. The molecule has 8 heteroatoms. The van der Waals surface area contributed by atoms with Crippen LogP contribution in [0.3, 0.4) is 0 Å². The summed E-state index contributed by atoms with van der Waals surface area (Å²) < 4.78 is 11.1. The number of carbonyl (C=O) groups excluding carboxylic acids is 4. The largest absolute Gasteiger partial charge is 0.478 e. The molecule has 0 spiro atoms. The van der Waals surface area contributed by atoms with Crippen molar-refractivity contribution in [3.63, 3.8) is 0 Å². The number of fused-ring (bicyclic) bond motifs is 4. The van der Waals surface area contributed by atoms with Crippen LogP contribution in [0.2, 0.25) is 0 Å². The van der Waals surface area contributed by atoms with Crippen LogP contribution in [-0.2, 0) is 33.4 Å². The molecule has 6 atom stereocenters. The molecule has 3 fully saturated rings. The summed E-state index contributed by atoms with van der Waals surface area (Å²) in [6.45, 7) is 11.8. The molecule has 1 N–H and O–H groups in total. The number of aliphatic carboxylic acids is 1. The number of esters is 4. The zero-order valence-corrected chi connectivity index (χ0v) is 27.5. The van der Waals surface area contributed by atoms with E-state index in [0.717, 1.165) is 44.3 Å². The van der Waals surface area contributed by atoms with E-state index in [1.165, 1.54) is 0 Å². The third-order valence-corrected chi connectivity index (χ3v) is 11.7. The summed E-state index contributed by atoms with van der Waals surface area (Å²) in [7, 11) is 0. The van der Waals surface area contributed by atoms with E-state index in [4.69, 9.17) is 9.47 Å². The van der Waals surface area contributed by atoms with Crippen molar-refractivity contribution < 1.29 is 38.6 Å². The molecule has 0 saturated heterocycles. The summed E-state index contributed by atoms with van der Waals surface area (Å²) in [4.78, 5) is 67.3. The van der Waals surface area contributed by atoms with E-state index >= 15 is 0 Å². The highest BCUT2D eigenvalue weighted by Gasteiger charge is 2.62. The fraction of sp³-hybridized carbons (Fsp3) is 0.649. The Kier molecular flexibility index (Phi) is 8.69. The van der Waals surface area contributed by atoms with Gasteiger partial charge in [-0.2, -0.15) is 0 Å². The average molecular weight is 621 g/mol. The smallest absolute Gasteiger partial charge is 0.346 e. The summed E-state index contributed by atoms with van der Waals surface area (Å²) in [5.74, 6) is -4.81. The molecular formula is C37H48O8. The summed E-state index contributed by atoms with van der Waals surface area (Å²) >= 11 is 0. The molecule has 5 rings (SSSR count). The Hall–Kier alpha value is -3.29. The Morgan fingerprint density at radius 1 is 0.711 bits per heavy atom. The van der Waals surface area contributed by atoms with Gasteiger partial charge < -0.3 is 14.6 Å². The molecule has 0 amide bonds. The minimum atomic E-state index is -1.28. The first kappa shape index (κ1) is 33.1. The molecule has 4 bridgehead atoms. The number of hydrogen-bond donors (Lipinski definition) is 1. The Morgan fingerprint density at radius 2 is 1.20 bits per heavy atom. The topological polar surface area (TPSA) is 124 Å². The number of ether oxygens (including phenoxy) is 2. The van der Waals surface area contributed by atoms with Gasteiger partial charge in [-0.1, -0.05) is 85.1 Å². The van der Waals surface area contributed by atoms with E-state index in [9.17, 15) is 29.1 Å². The first-order valence-electron chi connectivity index (χ1n) is 16.6. The van der Waals surface area contributed by atoms with Crippen molar-refractivity contribution in [1.29, 1.82) is 0 Å². The predicted molar refractivity (Wildman–Crippen MR) is 167 cm³/mol. The van der Waals surface area contributed by atoms with Gasteiger partial charge in [0.25, 0.3) is 0 Å². The fourth-order valence-corrected chi connectivity index (χ4v) is 9.30. The highest BCUT2D eigenvalue weighted by Crippen LogP contribution is 2.62. The van der Waals surface area contributed by atoms with Crippen molar-refractivity contribution >= 4 is 29.8 Å². The summed E-state index contributed by atoms with van der Waals surface area (Å²) in [5.41, 5.74) is -3.10. The van der Waals surface area contributed by atoms with E-state index in [1.807, 2.05) is 53.7 Å². The number of rotatable bonds is 7. The normalized spacial score (nSPS) is 33.0. The molecule has 8 nitrogen and oxygen atoms in total. The zero-order chi connectivity index (χ0) is 32.9. The molecule has 0 heterocycles. The second-order valence-electron chi connectivity index (χ2n) is 16.0. The van der Waals surface area contributed by atoms with Crippen LogP contribution in [0.15, 0.2) is 47.6 Å². The van der Waals surface area contributed by atoms with Gasteiger partial charge >= 0.3 is 29.8 Å². The first-order valence-corrected chi connectivity index (χ1v) is 16.6. The molecule has 0 radical (unpaired) electrons. The van der Waals surface area contributed by atoms with Gasteiger partial charge in [0.15, 0.2) is 0 Å². The number of carbonyl (C=O) groups is 5. The van der Waals surface area contributed by atoms with E-state index in [2.05, 4.69) is 12.2 Å². The maximum absolute atomic E-state index is 14.0. The standard InChI is InChI=1S/C37H48O8/c1-34(2,3)36(20-22-12-14-25(36)16-22)32(42)44-30(40)19-28(27(18-29(38)39)24-10-8-7-9-11-24)31(41)45-33(43)37(35(4,5)6)21-23-13-15-26(37)17-23/h12-15,18-19,22-26H,7-11,16-17,20-21H2,1-6H3,(H,38,39)/b27-18?,28-19-. The summed E-state index contributed by atoms with van der Waals surface area (Å²) in [6, 6.07) is 0. The Bertz CT molecular complexity index is 1390. The monoisotopic (exact) mass is 620 g/mol. The maximum Gasteiger partial charge on any atom is 0.346 e. The van der Waals surface area contributed by atoms with E-state index in [0.29, 0.717) is 25.7 Å². The first-order chi connectivity index (χ1) is 21.0. The van der Waals surface area contributed by atoms with Gasteiger partial charge in [0, 0.05) is 12.2 Å². The van der Waals surface area contributed by atoms with Crippen molar-refractivity contribution in [2.24, 2.45) is 51.2 Å². The van der Waals surface area contributed by atoms with Crippen LogP contribution in [0.5, 0.6) is 0 Å². The summed E-state index contributed by atoms with van der Waals surface area (Å²) in [6.07, 6.45) is 16.7. The van der Waals surface area contributed by atoms with Crippen LogP contribution in [0.25, 0.3) is 0 Å². The minimum Gasteiger partial charge on any atom is -0.478 e. The Morgan fingerprint density at radius 3 is 1.60 bits per heavy atom. The van der Waals surface area contributed by atoms with Gasteiger partial charge in [0.05, 0.1) is 16.4 Å². The lowest BCUT2D eigenvalue weighted by atomic mass is 9.59. The van der Waals surface area contributed by atoms with Crippen molar-refractivity contribution in [3.8, 4) is 0 Å². The Labute approximate surface area is 266 Å². The quantitative estimate of drug-likeness (QED) is 0.107. The lowest BCUT2D eigenvalue weighted by molar-refractivity contribution is -0.175. The van der Waals surface area contributed by atoms with Crippen LogP contribution >= 0.6 is 0 Å². The van der Waals surface area contributed by atoms with Gasteiger partial charge in [0.1, 0.15) is 0 Å². The highest BCUT2D eigenvalue weighted by molar-refractivity contribution is 6.07. The molecule has 0 aromatic carbocycles. The van der Waals surface area contributed by atoms with Crippen LogP contribution in [0.1, 0.15) is 99.3 Å². The van der Waals surface area contributed by atoms with Crippen molar-refractivity contribution in [2.45, 2.75) is 99.3 Å². The van der Waals surface area contributed by atoms with Crippen molar-refractivity contribution in [3.05, 3.63) is 47.6 Å². The zero-order valence-electron chi connectivity index (χ0n) is 27.5. The lowest BCUT2D eigenvalue weighted by Crippen LogP contribution is -2.48. The highest BCUT2D eigenvalue weighted by atomic mass is 16.6. The maximum atomic E-state index is 14.0. The van der Waals surface area contributed by atoms with Gasteiger partial charge in [-0.05, 0) is 84.5 Å². The van der Waals surface area contributed by atoms with Crippen LogP contribution in [0.4, 0.5) is 0 Å². The number of hydrogen-bond acceptors (Lipinski definition) is 7. The van der Waals surface area contributed by atoms with Crippen LogP contribution in [-0.4, -0.2) is 35.0 Å². The van der Waals surface area contributed by atoms with Crippen molar-refractivity contribution in [2.75, 3.05) is 0 Å². The third-order valence-electron chi connectivity index (χ3n) is 11.7. The van der Waals surface area contributed by atoms with Gasteiger partial charge in [-0.15, -0.1) is 0 Å².